The van der Waals surface area contributed by atoms with E-state index in [0.29, 0.717) is 40.5 Å². The molecule has 0 atom stereocenters. The van der Waals surface area contributed by atoms with E-state index in [-0.39, 0.29) is 11.8 Å². The minimum atomic E-state index is -0.159. The van der Waals surface area contributed by atoms with Crippen molar-refractivity contribution in [1.82, 2.24) is 10.2 Å². The average molecular weight is 443 g/mol. The predicted octanol–water partition coefficient (Wildman–Crippen LogP) is 3.85. The summed E-state index contributed by atoms with van der Waals surface area (Å²) in [5.74, 6) is 0.832. The van der Waals surface area contributed by atoms with Gasteiger partial charge in [0.2, 0.25) is 0 Å². The Morgan fingerprint density at radius 1 is 1.09 bits per heavy atom. The van der Waals surface area contributed by atoms with Gasteiger partial charge in [0.25, 0.3) is 11.8 Å². The fraction of sp³-hybridized carbons (Fsp3) is 0.231. The van der Waals surface area contributed by atoms with Crippen molar-refractivity contribution in [2.75, 3.05) is 37.2 Å². The zero-order chi connectivity index (χ0) is 22.8. The van der Waals surface area contributed by atoms with Crippen molar-refractivity contribution in [3.05, 3.63) is 71.5 Å². The molecule has 1 fully saturated rings. The maximum absolute atomic E-state index is 12.5. The first kappa shape index (κ1) is 21.0. The van der Waals surface area contributed by atoms with E-state index in [1.165, 1.54) is 12.8 Å². The third-order valence-corrected chi connectivity index (χ3v) is 6.11. The van der Waals surface area contributed by atoms with Gasteiger partial charge in [-0.3, -0.25) is 9.59 Å². The Morgan fingerprint density at radius 2 is 1.91 bits per heavy atom. The number of amides is 2. The van der Waals surface area contributed by atoms with Crippen LogP contribution in [0.5, 0.6) is 0 Å². The van der Waals surface area contributed by atoms with Gasteiger partial charge >= 0.3 is 0 Å². The summed E-state index contributed by atoms with van der Waals surface area (Å²) in [5.41, 5.74) is 10.1. The lowest BCUT2D eigenvalue weighted by molar-refractivity contribution is -0.110. The standard InChI is InChI=1S/C26H26N4O3/c27-22-15-17(25(31)28-11-14-30-12-3-4-13-30)7-9-20(22)24-10-8-18(33-24)16-21-19-5-1-2-6-23(19)29-26(21)32/h1-2,5-10,15-16H,3-4,11-14,27H2,(H,28,31)(H,29,32). The largest absolute Gasteiger partial charge is 0.457 e. The molecule has 7 heteroatoms. The number of carbonyl (C=O) groups excluding carboxylic acids is 2. The van der Waals surface area contributed by atoms with Crippen molar-refractivity contribution in [1.29, 1.82) is 0 Å². The van der Waals surface area contributed by atoms with Gasteiger partial charge in [-0.05, 0) is 68.4 Å². The molecule has 3 aromatic rings. The van der Waals surface area contributed by atoms with E-state index in [1.807, 2.05) is 30.3 Å². The highest BCUT2D eigenvalue weighted by Crippen LogP contribution is 2.34. The molecule has 0 spiro atoms. The SMILES string of the molecule is Nc1cc(C(=O)NCCN2CCCC2)ccc1-c1ccc(C=C2C(=O)Nc3ccccc32)o1. The van der Waals surface area contributed by atoms with Gasteiger partial charge in [-0.1, -0.05) is 18.2 Å². The van der Waals surface area contributed by atoms with E-state index in [0.717, 1.165) is 30.9 Å². The van der Waals surface area contributed by atoms with Gasteiger partial charge in [-0.25, -0.2) is 0 Å². The normalized spacial score (nSPS) is 16.7. The average Bonchev–Trinajstić information content (AvgIpc) is 3.55. The predicted molar refractivity (Wildman–Crippen MR) is 130 cm³/mol. The maximum atomic E-state index is 12.5. The van der Waals surface area contributed by atoms with E-state index in [4.69, 9.17) is 10.2 Å². The highest BCUT2D eigenvalue weighted by atomic mass is 16.3. The number of furan rings is 1. The highest BCUT2D eigenvalue weighted by Gasteiger charge is 2.24. The fourth-order valence-electron chi connectivity index (χ4n) is 4.36. The molecule has 2 amide bonds. The second-order valence-electron chi connectivity index (χ2n) is 8.37. The first-order valence-corrected chi connectivity index (χ1v) is 11.2. The summed E-state index contributed by atoms with van der Waals surface area (Å²) in [6, 6.07) is 16.4. The second kappa shape index (κ2) is 8.96. The van der Waals surface area contributed by atoms with Crippen LogP contribution in [0, 0.1) is 0 Å². The van der Waals surface area contributed by atoms with E-state index < -0.39 is 0 Å². The smallest absolute Gasteiger partial charge is 0.256 e. The van der Waals surface area contributed by atoms with Crippen molar-refractivity contribution in [2.45, 2.75) is 12.8 Å². The van der Waals surface area contributed by atoms with Crippen LogP contribution in [-0.2, 0) is 4.79 Å². The lowest BCUT2D eigenvalue weighted by Crippen LogP contribution is -2.33. The van der Waals surface area contributed by atoms with Crippen LogP contribution in [0.3, 0.4) is 0 Å². The van der Waals surface area contributed by atoms with Crippen molar-refractivity contribution in [3.8, 4) is 11.3 Å². The molecule has 7 nitrogen and oxygen atoms in total. The highest BCUT2D eigenvalue weighted by molar-refractivity contribution is 6.34. The lowest BCUT2D eigenvalue weighted by atomic mass is 10.1. The summed E-state index contributed by atoms with van der Waals surface area (Å²) >= 11 is 0. The van der Waals surface area contributed by atoms with Gasteiger partial charge in [0.05, 0.1) is 5.57 Å². The minimum Gasteiger partial charge on any atom is -0.457 e. The zero-order valence-electron chi connectivity index (χ0n) is 18.3. The van der Waals surface area contributed by atoms with Gasteiger partial charge in [-0.2, -0.15) is 0 Å². The molecule has 3 heterocycles. The van der Waals surface area contributed by atoms with Crippen molar-refractivity contribution in [3.63, 3.8) is 0 Å². The molecular formula is C26H26N4O3. The Hall–Kier alpha value is -3.84. The van der Waals surface area contributed by atoms with Crippen LogP contribution in [0.4, 0.5) is 11.4 Å². The molecule has 0 radical (unpaired) electrons. The third kappa shape index (κ3) is 4.40. The van der Waals surface area contributed by atoms with E-state index >= 15 is 0 Å². The summed E-state index contributed by atoms with van der Waals surface area (Å²) in [5, 5.41) is 5.82. The number of nitrogens with zero attached hydrogens (tertiary/aromatic N) is 1. The Balaban J connectivity index is 1.29. The van der Waals surface area contributed by atoms with Crippen LogP contribution in [-0.4, -0.2) is 42.9 Å². The van der Waals surface area contributed by atoms with Crippen LogP contribution in [0.2, 0.25) is 0 Å². The van der Waals surface area contributed by atoms with Gasteiger partial charge in [0.1, 0.15) is 11.5 Å². The van der Waals surface area contributed by atoms with E-state index in [1.54, 1.807) is 30.3 Å². The van der Waals surface area contributed by atoms with Gasteiger partial charge in [0, 0.05) is 41.2 Å². The number of fused-ring (bicyclic) bond motifs is 1. The van der Waals surface area contributed by atoms with Crippen LogP contribution in [0.1, 0.15) is 34.5 Å². The molecule has 2 aromatic carbocycles. The van der Waals surface area contributed by atoms with Crippen molar-refractivity contribution < 1.29 is 14.0 Å². The Bertz CT molecular complexity index is 1240. The van der Waals surface area contributed by atoms with Gasteiger partial charge in [0.15, 0.2) is 0 Å². The molecule has 0 unspecified atom stereocenters. The molecule has 2 aliphatic rings. The molecule has 0 aliphatic carbocycles. The lowest BCUT2D eigenvalue weighted by Gasteiger charge is -2.15. The second-order valence-corrected chi connectivity index (χ2v) is 8.37. The minimum absolute atomic E-state index is 0.136. The Kier molecular flexibility index (Phi) is 5.71. The number of hydrogen-bond acceptors (Lipinski definition) is 5. The van der Waals surface area contributed by atoms with Crippen LogP contribution >= 0.6 is 0 Å². The zero-order valence-corrected chi connectivity index (χ0v) is 18.3. The van der Waals surface area contributed by atoms with Gasteiger partial charge < -0.3 is 25.7 Å². The Labute approximate surface area is 192 Å². The molecule has 1 aromatic heterocycles. The first-order chi connectivity index (χ1) is 16.1. The van der Waals surface area contributed by atoms with Crippen molar-refractivity contribution in [2.24, 2.45) is 0 Å². The third-order valence-electron chi connectivity index (χ3n) is 6.11. The summed E-state index contributed by atoms with van der Waals surface area (Å²) in [7, 11) is 0. The fourth-order valence-corrected chi connectivity index (χ4v) is 4.36. The molecule has 168 valence electrons. The summed E-state index contributed by atoms with van der Waals surface area (Å²) in [6.07, 6.45) is 4.19. The molecule has 1 saturated heterocycles. The molecule has 5 rings (SSSR count). The van der Waals surface area contributed by atoms with Crippen molar-refractivity contribution >= 4 is 34.8 Å². The number of benzene rings is 2. The van der Waals surface area contributed by atoms with Crippen LogP contribution < -0.4 is 16.4 Å². The van der Waals surface area contributed by atoms with E-state index in [2.05, 4.69) is 15.5 Å². The summed E-state index contributed by atoms with van der Waals surface area (Å²) in [4.78, 5) is 27.2. The van der Waals surface area contributed by atoms with Gasteiger partial charge in [-0.15, -0.1) is 0 Å². The number of nitrogens with one attached hydrogen (secondary N) is 2. The van der Waals surface area contributed by atoms with E-state index in [9.17, 15) is 9.59 Å². The summed E-state index contributed by atoms with van der Waals surface area (Å²) < 4.78 is 5.96. The Morgan fingerprint density at radius 3 is 2.73 bits per heavy atom. The maximum Gasteiger partial charge on any atom is 0.256 e. The molecule has 2 aliphatic heterocycles. The number of rotatable bonds is 6. The first-order valence-electron chi connectivity index (χ1n) is 11.2. The quantitative estimate of drug-likeness (QED) is 0.398. The number of para-hydroxylation sites is 1. The number of likely N-dealkylation sites (tertiary alicyclic amines) is 1. The molecular weight excluding hydrogens is 416 g/mol. The number of nitrogens with two attached hydrogens (primary N) is 1. The number of hydrogen-bond donors (Lipinski definition) is 3. The van der Waals surface area contributed by atoms with Crippen LogP contribution in [0.15, 0.2) is 59.0 Å². The summed E-state index contributed by atoms with van der Waals surface area (Å²) in [6.45, 7) is 3.70. The number of carbonyl (C=O) groups is 2. The monoisotopic (exact) mass is 442 g/mol. The molecule has 33 heavy (non-hydrogen) atoms. The molecule has 4 N–H and O–H groups in total. The number of anilines is 2. The van der Waals surface area contributed by atoms with Crippen LogP contribution in [0.25, 0.3) is 23.0 Å². The number of nitrogen functional groups attached to an aromatic ring is 1. The molecule has 0 saturated carbocycles. The molecule has 0 bridgehead atoms. The topological polar surface area (TPSA) is 101 Å².